The average molecular weight is 498 g/mol. The minimum absolute atomic E-state index is 0.169. The second-order valence-corrected chi connectivity index (χ2v) is 9.69. The highest BCUT2D eigenvalue weighted by atomic mass is 35.5. The molecule has 2 saturated heterocycles. The molecule has 0 radical (unpaired) electrons. The van der Waals surface area contributed by atoms with E-state index >= 15 is 0 Å². The maximum absolute atomic E-state index is 8.68. The van der Waals surface area contributed by atoms with Crippen molar-refractivity contribution in [2.24, 2.45) is 5.41 Å². The summed E-state index contributed by atoms with van der Waals surface area (Å²) in [6, 6.07) is 5.18. The van der Waals surface area contributed by atoms with Gasteiger partial charge in [-0.25, -0.2) is 9.97 Å². The SMILES string of the molecule is N=C(c1cnc(N2CC3(CCNCC3)C2)nc1)c1cc(OCc2c(Cl)cncc2Cl)ccc1N. The van der Waals surface area contributed by atoms with Crippen LogP contribution in [-0.4, -0.2) is 46.8 Å². The fourth-order valence-corrected chi connectivity index (χ4v) is 4.99. The fourth-order valence-electron chi connectivity index (χ4n) is 4.52. The standard InChI is InChI=1S/C24H25Cl2N7O/c25-19-10-30-11-20(26)18(19)12-34-16-1-2-21(27)17(7-16)22(28)15-8-31-23(32-9-15)33-13-24(14-33)3-5-29-6-4-24/h1-2,7-11,28-29H,3-6,12-14,27H2. The first-order valence-electron chi connectivity index (χ1n) is 11.1. The Kier molecular flexibility index (Phi) is 6.29. The van der Waals surface area contributed by atoms with Gasteiger partial charge in [0.15, 0.2) is 0 Å². The van der Waals surface area contributed by atoms with Gasteiger partial charge in [-0.1, -0.05) is 23.2 Å². The number of ether oxygens (including phenoxy) is 1. The molecule has 5 rings (SSSR count). The molecule has 0 atom stereocenters. The Morgan fingerprint density at radius 3 is 2.44 bits per heavy atom. The third-order valence-corrected chi connectivity index (χ3v) is 7.21. The van der Waals surface area contributed by atoms with Gasteiger partial charge in [-0.2, -0.15) is 0 Å². The highest BCUT2D eigenvalue weighted by Gasteiger charge is 2.44. The number of nitrogens with zero attached hydrogens (tertiary/aromatic N) is 4. The molecule has 1 spiro atoms. The fraction of sp³-hybridized carbons (Fsp3) is 0.333. The highest BCUT2D eigenvalue weighted by molar-refractivity contribution is 6.35. The first-order chi connectivity index (χ1) is 16.4. The number of hydrogen-bond acceptors (Lipinski definition) is 8. The molecule has 0 unspecified atom stereocenters. The molecule has 0 saturated carbocycles. The van der Waals surface area contributed by atoms with Gasteiger partial charge in [-0.15, -0.1) is 0 Å². The Labute approximate surface area is 208 Å². The molecule has 2 aromatic heterocycles. The number of nitrogens with two attached hydrogens (primary N) is 1. The number of hydrogen-bond donors (Lipinski definition) is 3. The van der Waals surface area contributed by atoms with Crippen molar-refractivity contribution in [2.75, 3.05) is 36.8 Å². The van der Waals surface area contributed by atoms with Gasteiger partial charge in [0.1, 0.15) is 12.4 Å². The topological polar surface area (TPSA) is 113 Å². The smallest absolute Gasteiger partial charge is 0.225 e. The van der Waals surface area contributed by atoms with Gasteiger partial charge in [0, 0.05) is 65.7 Å². The Hall–Kier alpha value is -2.94. The minimum Gasteiger partial charge on any atom is -0.489 e. The molecular weight excluding hydrogens is 473 g/mol. The quantitative estimate of drug-likeness (QED) is 0.349. The van der Waals surface area contributed by atoms with Crippen molar-refractivity contribution in [1.29, 1.82) is 5.41 Å². The number of aromatic nitrogens is 3. The zero-order valence-corrected chi connectivity index (χ0v) is 20.0. The Morgan fingerprint density at radius 1 is 1.09 bits per heavy atom. The summed E-state index contributed by atoms with van der Waals surface area (Å²) in [6.07, 6.45) is 8.80. The molecule has 0 bridgehead atoms. The molecule has 4 N–H and O–H groups in total. The molecule has 0 aliphatic carbocycles. The van der Waals surface area contributed by atoms with E-state index in [4.69, 9.17) is 39.1 Å². The van der Waals surface area contributed by atoms with Crippen LogP contribution in [0, 0.1) is 10.8 Å². The van der Waals surface area contributed by atoms with Crippen LogP contribution in [0.5, 0.6) is 5.75 Å². The summed E-state index contributed by atoms with van der Waals surface area (Å²) in [5.74, 6) is 1.25. The summed E-state index contributed by atoms with van der Waals surface area (Å²) in [5.41, 5.74) is 9.05. The zero-order chi connectivity index (χ0) is 23.7. The normalized spacial score (nSPS) is 16.8. The van der Waals surface area contributed by atoms with Gasteiger partial charge in [0.05, 0.1) is 15.8 Å². The summed E-state index contributed by atoms with van der Waals surface area (Å²) in [6.45, 7) is 4.31. The highest BCUT2D eigenvalue weighted by Crippen LogP contribution is 2.40. The number of nitrogen functional groups attached to an aromatic ring is 1. The Bertz CT molecular complexity index is 1180. The average Bonchev–Trinajstić information content (AvgIpc) is 2.83. The molecule has 34 heavy (non-hydrogen) atoms. The molecule has 4 heterocycles. The number of piperidine rings is 1. The van der Waals surface area contributed by atoms with Crippen molar-refractivity contribution < 1.29 is 4.74 Å². The van der Waals surface area contributed by atoms with Crippen molar-refractivity contribution in [3.63, 3.8) is 0 Å². The van der Waals surface area contributed by atoms with E-state index in [1.165, 1.54) is 25.2 Å². The summed E-state index contributed by atoms with van der Waals surface area (Å²) in [7, 11) is 0. The molecule has 1 aromatic carbocycles. The van der Waals surface area contributed by atoms with Crippen LogP contribution in [0.15, 0.2) is 43.0 Å². The van der Waals surface area contributed by atoms with Gasteiger partial charge in [0.2, 0.25) is 5.95 Å². The molecule has 3 aromatic rings. The molecule has 176 valence electrons. The number of halogens is 2. The number of rotatable bonds is 6. The molecule has 2 aliphatic heterocycles. The van der Waals surface area contributed by atoms with E-state index in [9.17, 15) is 0 Å². The van der Waals surface area contributed by atoms with E-state index in [0.29, 0.717) is 49.5 Å². The van der Waals surface area contributed by atoms with Gasteiger partial charge in [-0.05, 0) is 44.1 Å². The molecule has 8 nitrogen and oxygen atoms in total. The Balaban J connectivity index is 1.27. The van der Waals surface area contributed by atoms with Gasteiger partial charge in [-0.3, -0.25) is 10.4 Å². The maximum atomic E-state index is 8.68. The molecule has 2 aliphatic rings. The number of benzene rings is 1. The van der Waals surface area contributed by atoms with Gasteiger partial charge < -0.3 is 20.7 Å². The van der Waals surface area contributed by atoms with Crippen LogP contribution < -0.4 is 20.7 Å². The van der Waals surface area contributed by atoms with Gasteiger partial charge >= 0.3 is 0 Å². The monoisotopic (exact) mass is 497 g/mol. The molecule has 10 heteroatoms. The minimum atomic E-state index is 0.169. The van der Waals surface area contributed by atoms with Crippen molar-refractivity contribution in [1.82, 2.24) is 20.3 Å². The van der Waals surface area contributed by atoms with Crippen LogP contribution in [0.4, 0.5) is 11.6 Å². The molecular formula is C24H25Cl2N7O. The van der Waals surface area contributed by atoms with Crippen LogP contribution in [-0.2, 0) is 6.61 Å². The van der Waals surface area contributed by atoms with Crippen molar-refractivity contribution in [2.45, 2.75) is 19.4 Å². The summed E-state index contributed by atoms with van der Waals surface area (Å²) < 4.78 is 5.87. The number of nitrogens with one attached hydrogen (secondary N) is 2. The third-order valence-electron chi connectivity index (χ3n) is 6.56. The van der Waals surface area contributed by atoms with E-state index in [1.807, 2.05) is 0 Å². The lowest BCUT2D eigenvalue weighted by Gasteiger charge is -2.52. The molecule has 2 fully saturated rings. The number of pyridine rings is 1. The lowest BCUT2D eigenvalue weighted by molar-refractivity contribution is 0.148. The van der Waals surface area contributed by atoms with Crippen LogP contribution in [0.1, 0.15) is 29.5 Å². The van der Waals surface area contributed by atoms with E-state index in [0.717, 1.165) is 26.2 Å². The van der Waals surface area contributed by atoms with E-state index in [1.54, 1.807) is 30.6 Å². The lowest BCUT2D eigenvalue weighted by Crippen LogP contribution is -2.60. The first-order valence-corrected chi connectivity index (χ1v) is 11.9. The van der Waals surface area contributed by atoms with Crippen LogP contribution in [0.3, 0.4) is 0 Å². The zero-order valence-electron chi connectivity index (χ0n) is 18.5. The molecule has 0 amide bonds. The van der Waals surface area contributed by atoms with Crippen molar-refractivity contribution in [3.8, 4) is 5.75 Å². The largest absolute Gasteiger partial charge is 0.489 e. The van der Waals surface area contributed by atoms with Crippen LogP contribution >= 0.6 is 23.2 Å². The number of anilines is 2. The predicted octanol–water partition coefficient (Wildman–Crippen LogP) is 3.95. The maximum Gasteiger partial charge on any atom is 0.225 e. The second kappa shape index (κ2) is 9.37. The van der Waals surface area contributed by atoms with Crippen LogP contribution in [0.25, 0.3) is 0 Å². The second-order valence-electron chi connectivity index (χ2n) is 8.87. The lowest BCUT2D eigenvalue weighted by atomic mass is 9.72. The van der Waals surface area contributed by atoms with E-state index in [2.05, 4.69) is 25.2 Å². The van der Waals surface area contributed by atoms with Crippen molar-refractivity contribution >= 4 is 40.5 Å². The summed E-state index contributed by atoms with van der Waals surface area (Å²) in [4.78, 5) is 15.2. The summed E-state index contributed by atoms with van der Waals surface area (Å²) in [5, 5.41) is 13.0. The predicted molar refractivity (Wildman–Crippen MR) is 134 cm³/mol. The third kappa shape index (κ3) is 4.53. The Morgan fingerprint density at radius 2 is 1.76 bits per heavy atom. The van der Waals surface area contributed by atoms with Crippen LogP contribution in [0.2, 0.25) is 10.0 Å². The summed E-state index contributed by atoms with van der Waals surface area (Å²) >= 11 is 12.3. The van der Waals surface area contributed by atoms with E-state index in [-0.39, 0.29) is 12.3 Å². The van der Waals surface area contributed by atoms with Crippen molar-refractivity contribution in [3.05, 3.63) is 69.7 Å². The first kappa shape index (κ1) is 22.8. The van der Waals surface area contributed by atoms with E-state index < -0.39 is 0 Å². The van der Waals surface area contributed by atoms with Gasteiger partial charge in [0.25, 0.3) is 0 Å².